The number of anilines is 3. The molecule has 2 aromatic rings. The second kappa shape index (κ2) is 7.25. The van der Waals surface area contributed by atoms with E-state index in [1.54, 1.807) is 12.1 Å². The fourth-order valence-electron chi connectivity index (χ4n) is 3.91. The fraction of sp³-hybridized carbons (Fsp3) is 0.429. The lowest BCUT2D eigenvalue weighted by molar-refractivity contribution is 0.312. The lowest BCUT2D eigenvalue weighted by Gasteiger charge is -2.35. The Morgan fingerprint density at radius 3 is 2.27 bits per heavy atom. The van der Waals surface area contributed by atoms with Gasteiger partial charge in [0, 0.05) is 57.2 Å². The lowest BCUT2D eigenvalue weighted by atomic mass is 10.1. The summed E-state index contributed by atoms with van der Waals surface area (Å²) in [7, 11) is 4.31. The van der Waals surface area contributed by atoms with E-state index < -0.39 is 0 Å². The normalized spacial score (nSPS) is 19.3. The first kappa shape index (κ1) is 17.3. The van der Waals surface area contributed by atoms with E-state index in [9.17, 15) is 4.39 Å². The van der Waals surface area contributed by atoms with Crippen LogP contribution in [0.2, 0.25) is 0 Å². The first-order valence-corrected chi connectivity index (χ1v) is 9.39. The minimum absolute atomic E-state index is 0.161. The SMILES string of the molecule is CN1CCN(c2ccc3c(c2)CN(C)CCN3c2ccccc2F)CC1. The first-order valence-electron chi connectivity index (χ1n) is 9.39. The summed E-state index contributed by atoms with van der Waals surface area (Å²) in [5.41, 5.74) is 4.33. The number of likely N-dealkylation sites (N-methyl/N-ethyl adjacent to an activating group) is 2. The van der Waals surface area contributed by atoms with Gasteiger partial charge in [0.25, 0.3) is 0 Å². The number of para-hydroxylation sites is 1. The topological polar surface area (TPSA) is 13.0 Å². The minimum Gasteiger partial charge on any atom is -0.369 e. The standard InChI is InChI=1S/C21H27FN4/c1-23-9-12-25(13-10-23)18-7-8-20-17(15-18)16-24(2)11-14-26(20)21-6-4-3-5-19(21)22/h3-8,15H,9-14,16H2,1-2H3. The molecule has 138 valence electrons. The molecule has 0 atom stereocenters. The number of nitrogens with zero attached hydrogens (tertiary/aromatic N) is 4. The third kappa shape index (κ3) is 3.41. The molecule has 2 aromatic carbocycles. The largest absolute Gasteiger partial charge is 0.369 e. The van der Waals surface area contributed by atoms with Gasteiger partial charge in [0.1, 0.15) is 5.82 Å². The maximum absolute atomic E-state index is 14.4. The monoisotopic (exact) mass is 354 g/mol. The van der Waals surface area contributed by atoms with Crippen molar-refractivity contribution in [2.75, 3.05) is 63.2 Å². The molecule has 0 aliphatic carbocycles. The molecule has 4 nitrogen and oxygen atoms in total. The first-order chi connectivity index (χ1) is 12.6. The highest BCUT2D eigenvalue weighted by molar-refractivity contribution is 5.70. The van der Waals surface area contributed by atoms with Crippen LogP contribution in [0.15, 0.2) is 42.5 Å². The van der Waals surface area contributed by atoms with Crippen molar-refractivity contribution < 1.29 is 4.39 Å². The maximum atomic E-state index is 14.4. The molecule has 2 aliphatic heterocycles. The Morgan fingerprint density at radius 2 is 1.50 bits per heavy atom. The molecule has 0 spiro atoms. The fourth-order valence-corrected chi connectivity index (χ4v) is 3.91. The van der Waals surface area contributed by atoms with Crippen molar-refractivity contribution in [2.45, 2.75) is 6.54 Å². The number of piperazine rings is 1. The third-order valence-electron chi connectivity index (χ3n) is 5.51. The van der Waals surface area contributed by atoms with Crippen molar-refractivity contribution in [3.8, 4) is 0 Å². The molecule has 2 aliphatic rings. The number of rotatable bonds is 2. The highest BCUT2D eigenvalue weighted by Gasteiger charge is 2.23. The Morgan fingerprint density at radius 1 is 0.769 bits per heavy atom. The zero-order valence-corrected chi connectivity index (χ0v) is 15.7. The summed E-state index contributed by atoms with van der Waals surface area (Å²) in [6, 6.07) is 13.8. The van der Waals surface area contributed by atoms with E-state index in [0.29, 0.717) is 5.69 Å². The van der Waals surface area contributed by atoms with Gasteiger partial charge < -0.3 is 19.6 Å². The number of halogens is 1. The predicted molar refractivity (Wildman–Crippen MR) is 106 cm³/mol. The van der Waals surface area contributed by atoms with E-state index >= 15 is 0 Å². The summed E-state index contributed by atoms with van der Waals surface area (Å²) < 4.78 is 14.4. The van der Waals surface area contributed by atoms with Crippen molar-refractivity contribution in [3.63, 3.8) is 0 Å². The molecule has 1 fully saturated rings. The quantitative estimate of drug-likeness (QED) is 0.821. The van der Waals surface area contributed by atoms with Crippen molar-refractivity contribution >= 4 is 17.1 Å². The van der Waals surface area contributed by atoms with Crippen LogP contribution >= 0.6 is 0 Å². The van der Waals surface area contributed by atoms with Gasteiger partial charge in [-0.2, -0.15) is 0 Å². The van der Waals surface area contributed by atoms with Gasteiger partial charge >= 0.3 is 0 Å². The molecule has 0 radical (unpaired) electrons. The van der Waals surface area contributed by atoms with Gasteiger partial charge in [-0.3, -0.25) is 0 Å². The van der Waals surface area contributed by atoms with Crippen LogP contribution in [0.1, 0.15) is 5.56 Å². The van der Waals surface area contributed by atoms with Gasteiger partial charge in [-0.1, -0.05) is 12.1 Å². The summed E-state index contributed by atoms with van der Waals surface area (Å²) in [5.74, 6) is -0.161. The average molecular weight is 354 g/mol. The Kier molecular flexibility index (Phi) is 4.83. The van der Waals surface area contributed by atoms with Gasteiger partial charge in [0.15, 0.2) is 0 Å². The zero-order valence-electron chi connectivity index (χ0n) is 15.7. The minimum atomic E-state index is -0.161. The number of fused-ring (bicyclic) bond motifs is 1. The molecule has 1 saturated heterocycles. The van der Waals surface area contributed by atoms with Crippen LogP contribution in [-0.4, -0.2) is 63.2 Å². The molecular formula is C21H27FN4. The zero-order chi connectivity index (χ0) is 18.1. The van der Waals surface area contributed by atoms with E-state index in [2.05, 4.69) is 51.9 Å². The molecular weight excluding hydrogens is 327 g/mol. The second-order valence-corrected chi connectivity index (χ2v) is 7.44. The van der Waals surface area contributed by atoms with Gasteiger partial charge in [0.05, 0.1) is 5.69 Å². The predicted octanol–water partition coefficient (Wildman–Crippen LogP) is 3.16. The highest BCUT2D eigenvalue weighted by Crippen LogP contribution is 2.35. The Balaban J connectivity index is 1.69. The second-order valence-electron chi connectivity index (χ2n) is 7.44. The molecule has 0 bridgehead atoms. The van der Waals surface area contributed by atoms with E-state index in [0.717, 1.165) is 51.5 Å². The van der Waals surface area contributed by atoms with E-state index in [1.807, 2.05) is 12.1 Å². The van der Waals surface area contributed by atoms with Crippen LogP contribution in [0, 0.1) is 5.82 Å². The van der Waals surface area contributed by atoms with Gasteiger partial charge in [-0.15, -0.1) is 0 Å². The molecule has 4 rings (SSSR count). The lowest BCUT2D eigenvalue weighted by Crippen LogP contribution is -2.44. The van der Waals surface area contributed by atoms with Crippen LogP contribution in [0.5, 0.6) is 0 Å². The molecule has 0 unspecified atom stereocenters. The van der Waals surface area contributed by atoms with Gasteiger partial charge in [0.2, 0.25) is 0 Å². The van der Waals surface area contributed by atoms with Crippen LogP contribution < -0.4 is 9.80 Å². The average Bonchev–Trinajstić information content (AvgIpc) is 2.80. The van der Waals surface area contributed by atoms with Crippen LogP contribution in [-0.2, 0) is 6.54 Å². The molecule has 26 heavy (non-hydrogen) atoms. The molecule has 0 saturated carbocycles. The summed E-state index contributed by atoms with van der Waals surface area (Å²) >= 11 is 0. The Labute approximate surface area is 155 Å². The number of benzene rings is 2. The molecule has 0 amide bonds. The number of hydrogen-bond donors (Lipinski definition) is 0. The highest BCUT2D eigenvalue weighted by atomic mass is 19.1. The summed E-state index contributed by atoms with van der Waals surface area (Å²) in [6.07, 6.45) is 0. The van der Waals surface area contributed by atoms with Crippen LogP contribution in [0.4, 0.5) is 21.5 Å². The van der Waals surface area contributed by atoms with E-state index in [1.165, 1.54) is 11.3 Å². The third-order valence-corrected chi connectivity index (χ3v) is 5.51. The molecule has 0 N–H and O–H groups in total. The summed E-state index contributed by atoms with van der Waals surface area (Å²) in [5, 5.41) is 0. The Bertz CT molecular complexity index is 770. The summed E-state index contributed by atoms with van der Waals surface area (Å²) in [6.45, 7) is 6.90. The van der Waals surface area contributed by atoms with Gasteiger partial charge in [-0.25, -0.2) is 4.39 Å². The van der Waals surface area contributed by atoms with Crippen molar-refractivity contribution in [1.29, 1.82) is 0 Å². The summed E-state index contributed by atoms with van der Waals surface area (Å²) in [4.78, 5) is 9.27. The molecule has 5 heteroatoms. The Hall–Kier alpha value is -2.11. The van der Waals surface area contributed by atoms with Crippen molar-refractivity contribution in [3.05, 3.63) is 53.8 Å². The molecule has 0 aromatic heterocycles. The smallest absolute Gasteiger partial charge is 0.146 e. The van der Waals surface area contributed by atoms with E-state index in [4.69, 9.17) is 0 Å². The maximum Gasteiger partial charge on any atom is 0.146 e. The van der Waals surface area contributed by atoms with Crippen LogP contribution in [0.3, 0.4) is 0 Å². The number of hydrogen-bond acceptors (Lipinski definition) is 4. The van der Waals surface area contributed by atoms with Gasteiger partial charge in [-0.05, 0) is 50.0 Å². The van der Waals surface area contributed by atoms with E-state index in [-0.39, 0.29) is 5.82 Å². The van der Waals surface area contributed by atoms with Crippen LogP contribution in [0.25, 0.3) is 0 Å². The van der Waals surface area contributed by atoms with Crippen molar-refractivity contribution in [1.82, 2.24) is 9.80 Å². The van der Waals surface area contributed by atoms with Crippen molar-refractivity contribution in [2.24, 2.45) is 0 Å². The molecule has 2 heterocycles.